The number of ether oxygens (including phenoxy) is 2. The lowest BCUT2D eigenvalue weighted by Crippen LogP contribution is -2.39. The highest BCUT2D eigenvalue weighted by Gasteiger charge is 2.23. The summed E-state index contributed by atoms with van der Waals surface area (Å²) in [7, 11) is 3.29. The molecule has 1 aliphatic rings. The molecule has 0 bridgehead atoms. The lowest BCUT2D eigenvalue weighted by atomic mass is 9.87. The van der Waals surface area contributed by atoms with Gasteiger partial charge in [0.1, 0.15) is 0 Å². The van der Waals surface area contributed by atoms with Gasteiger partial charge in [0.25, 0.3) is 5.91 Å². The van der Waals surface area contributed by atoms with E-state index in [1.165, 1.54) is 11.1 Å². The molecular weight excluding hydrogens is 390 g/mol. The van der Waals surface area contributed by atoms with E-state index in [0.717, 1.165) is 42.0 Å². The van der Waals surface area contributed by atoms with Crippen molar-refractivity contribution < 1.29 is 14.3 Å². The van der Waals surface area contributed by atoms with Crippen molar-refractivity contribution in [2.75, 3.05) is 19.5 Å². The van der Waals surface area contributed by atoms with Gasteiger partial charge in [0.2, 0.25) is 0 Å². The van der Waals surface area contributed by atoms with Crippen LogP contribution in [0.3, 0.4) is 0 Å². The maximum Gasteiger partial charge on any atom is 0.253 e. The van der Waals surface area contributed by atoms with Crippen LogP contribution >= 0.6 is 0 Å². The molecule has 4 rings (SSSR count). The molecule has 1 unspecified atom stereocenters. The molecule has 0 radical (unpaired) electrons. The number of rotatable bonds is 7. The Labute approximate surface area is 182 Å². The number of pyridine rings is 1. The minimum Gasteiger partial charge on any atom is -0.493 e. The number of nitrogens with zero attached hydrogens (tertiary/aromatic N) is 1. The lowest BCUT2D eigenvalue weighted by molar-refractivity contribution is 0.0934. The molecule has 160 valence electrons. The number of fused-ring (bicyclic) bond motifs is 1. The average Bonchev–Trinajstić information content (AvgIpc) is 2.82. The second kappa shape index (κ2) is 9.51. The zero-order chi connectivity index (χ0) is 21.6. The van der Waals surface area contributed by atoms with Crippen LogP contribution in [0.4, 0.5) is 5.69 Å². The van der Waals surface area contributed by atoms with Crippen molar-refractivity contribution in [3.8, 4) is 11.5 Å². The van der Waals surface area contributed by atoms with E-state index in [0.29, 0.717) is 12.1 Å². The summed E-state index contributed by atoms with van der Waals surface area (Å²) in [5.74, 6) is 1.41. The third-order valence-electron chi connectivity index (χ3n) is 5.67. The number of anilines is 1. The van der Waals surface area contributed by atoms with Crippen LogP contribution in [0.1, 0.15) is 33.5 Å². The summed E-state index contributed by atoms with van der Waals surface area (Å²) < 4.78 is 10.9. The molecule has 1 atom stereocenters. The van der Waals surface area contributed by atoms with Gasteiger partial charge in [-0.1, -0.05) is 12.1 Å². The normalized spacial score (nSPS) is 15.0. The number of hydrogen-bond acceptors (Lipinski definition) is 5. The van der Waals surface area contributed by atoms with Gasteiger partial charge < -0.3 is 20.1 Å². The van der Waals surface area contributed by atoms with Gasteiger partial charge in [-0.05, 0) is 72.4 Å². The van der Waals surface area contributed by atoms with Gasteiger partial charge in [-0.2, -0.15) is 0 Å². The van der Waals surface area contributed by atoms with Gasteiger partial charge in [-0.3, -0.25) is 9.78 Å². The summed E-state index contributed by atoms with van der Waals surface area (Å²) in [4.78, 5) is 17.1. The Morgan fingerprint density at radius 3 is 2.48 bits per heavy atom. The Kier molecular flexibility index (Phi) is 6.36. The molecule has 2 N–H and O–H groups in total. The Hall–Kier alpha value is -3.54. The molecule has 0 saturated heterocycles. The third-order valence-corrected chi connectivity index (χ3v) is 5.67. The number of para-hydroxylation sites is 1. The number of nitrogens with one attached hydrogen (secondary N) is 2. The standard InChI is InChI=1S/C25H27N3O3/c1-30-23-14-18-7-8-20(13-19(18)15-24(23)31-2)28-25(29)21-5-3-4-6-22(21)27-16-17-9-11-26-12-10-17/h3-6,9-12,14-15,20,27H,7-8,13,16H2,1-2H3,(H,28,29). The van der Waals surface area contributed by atoms with E-state index in [1.807, 2.05) is 48.5 Å². The van der Waals surface area contributed by atoms with E-state index < -0.39 is 0 Å². The maximum atomic E-state index is 13.1. The summed E-state index contributed by atoms with van der Waals surface area (Å²) >= 11 is 0. The van der Waals surface area contributed by atoms with Gasteiger partial charge in [0.15, 0.2) is 11.5 Å². The fourth-order valence-corrected chi connectivity index (χ4v) is 4.00. The SMILES string of the molecule is COc1cc2c(cc1OC)CC(NC(=O)c1ccccc1NCc1ccncc1)CC2. The minimum atomic E-state index is -0.0632. The Morgan fingerprint density at radius 2 is 1.74 bits per heavy atom. The summed E-state index contributed by atoms with van der Waals surface area (Å²) in [5.41, 5.74) is 5.02. The molecular formula is C25H27N3O3. The predicted octanol–water partition coefficient (Wildman–Crippen LogP) is 4.00. The Balaban J connectivity index is 1.44. The van der Waals surface area contributed by atoms with E-state index in [-0.39, 0.29) is 11.9 Å². The molecule has 3 aromatic rings. The van der Waals surface area contributed by atoms with Crippen LogP contribution in [-0.4, -0.2) is 31.2 Å². The van der Waals surface area contributed by atoms with Crippen molar-refractivity contribution >= 4 is 11.6 Å². The molecule has 6 heteroatoms. The highest BCUT2D eigenvalue weighted by atomic mass is 16.5. The fourth-order valence-electron chi connectivity index (χ4n) is 4.00. The number of aromatic nitrogens is 1. The van der Waals surface area contributed by atoms with Gasteiger partial charge in [0, 0.05) is 30.7 Å². The summed E-state index contributed by atoms with van der Waals surface area (Å²) in [6, 6.07) is 15.7. The van der Waals surface area contributed by atoms with E-state index in [1.54, 1.807) is 26.6 Å². The average molecular weight is 418 g/mol. The quantitative estimate of drug-likeness (QED) is 0.608. The van der Waals surface area contributed by atoms with E-state index in [2.05, 4.69) is 15.6 Å². The number of hydrogen-bond donors (Lipinski definition) is 2. The summed E-state index contributed by atoms with van der Waals surface area (Å²) in [6.07, 6.45) is 6.08. The third kappa shape index (κ3) is 4.79. The van der Waals surface area contributed by atoms with Crippen molar-refractivity contribution in [1.29, 1.82) is 0 Å². The molecule has 1 aromatic heterocycles. The van der Waals surface area contributed by atoms with Crippen LogP contribution in [0.5, 0.6) is 11.5 Å². The van der Waals surface area contributed by atoms with Crippen LogP contribution in [0.2, 0.25) is 0 Å². The van der Waals surface area contributed by atoms with Crippen LogP contribution in [0.25, 0.3) is 0 Å². The van der Waals surface area contributed by atoms with Gasteiger partial charge in [-0.25, -0.2) is 0 Å². The van der Waals surface area contributed by atoms with Crippen LogP contribution in [0, 0.1) is 0 Å². The van der Waals surface area contributed by atoms with E-state index >= 15 is 0 Å². The molecule has 0 spiro atoms. The molecule has 1 aliphatic carbocycles. The second-order valence-electron chi connectivity index (χ2n) is 7.64. The number of benzene rings is 2. The minimum absolute atomic E-state index is 0.0632. The number of methoxy groups -OCH3 is 2. The first-order chi connectivity index (χ1) is 15.2. The highest BCUT2D eigenvalue weighted by molar-refractivity contribution is 5.99. The van der Waals surface area contributed by atoms with Crippen LogP contribution < -0.4 is 20.1 Å². The first kappa shape index (κ1) is 20.7. The van der Waals surface area contributed by atoms with Crippen molar-refractivity contribution in [3.63, 3.8) is 0 Å². The number of aryl methyl sites for hydroxylation is 1. The molecule has 0 fully saturated rings. The number of carbonyl (C=O) groups excluding carboxylic acids is 1. The van der Waals surface area contributed by atoms with Crippen molar-refractivity contribution in [2.45, 2.75) is 31.8 Å². The first-order valence-electron chi connectivity index (χ1n) is 10.4. The maximum absolute atomic E-state index is 13.1. The number of amides is 1. The zero-order valence-corrected chi connectivity index (χ0v) is 17.9. The molecule has 31 heavy (non-hydrogen) atoms. The number of carbonyl (C=O) groups is 1. The van der Waals surface area contributed by atoms with E-state index in [9.17, 15) is 4.79 Å². The monoisotopic (exact) mass is 417 g/mol. The smallest absolute Gasteiger partial charge is 0.253 e. The molecule has 2 aromatic carbocycles. The van der Waals surface area contributed by atoms with Crippen molar-refractivity contribution in [1.82, 2.24) is 10.3 Å². The topological polar surface area (TPSA) is 72.5 Å². The molecule has 1 heterocycles. The van der Waals surface area contributed by atoms with Crippen molar-refractivity contribution in [2.24, 2.45) is 0 Å². The Bertz CT molecular complexity index is 1050. The van der Waals surface area contributed by atoms with Gasteiger partial charge in [0.05, 0.1) is 19.8 Å². The summed E-state index contributed by atoms with van der Waals surface area (Å²) in [5, 5.41) is 6.59. The fraction of sp³-hybridized carbons (Fsp3) is 0.280. The zero-order valence-electron chi connectivity index (χ0n) is 17.9. The summed E-state index contributed by atoms with van der Waals surface area (Å²) in [6.45, 7) is 0.630. The first-order valence-corrected chi connectivity index (χ1v) is 10.4. The van der Waals surface area contributed by atoms with Crippen LogP contribution in [0.15, 0.2) is 60.9 Å². The van der Waals surface area contributed by atoms with Gasteiger partial charge in [-0.15, -0.1) is 0 Å². The van der Waals surface area contributed by atoms with Gasteiger partial charge >= 0.3 is 0 Å². The molecule has 0 aliphatic heterocycles. The molecule has 1 amide bonds. The molecule has 6 nitrogen and oxygen atoms in total. The van der Waals surface area contributed by atoms with Crippen molar-refractivity contribution in [3.05, 3.63) is 83.2 Å². The predicted molar refractivity (Wildman–Crippen MR) is 121 cm³/mol. The van der Waals surface area contributed by atoms with E-state index in [4.69, 9.17) is 9.47 Å². The highest BCUT2D eigenvalue weighted by Crippen LogP contribution is 2.34. The second-order valence-corrected chi connectivity index (χ2v) is 7.64. The largest absolute Gasteiger partial charge is 0.493 e. The lowest BCUT2D eigenvalue weighted by Gasteiger charge is -2.27. The van der Waals surface area contributed by atoms with Crippen LogP contribution in [-0.2, 0) is 19.4 Å². The Morgan fingerprint density at radius 1 is 1.03 bits per heavy atom. The molecule has 0 saturated carbocycles.